The average molecular weight is 402 g/mol. The van der Waals surface area contributed by atoms with Gasteiger partial charge in [-0.2, -0.15) is 5.10 Å². The Hall–Kier alpha value is -3.49. The third-order valence-corrected chi connectivity index (χ3v) is 4.31. The molecule has 1 aliphatic carbocycles. The molecule has 150 valence electrons. The second-order valence-electron chi connectivity index (χ2n) is 6.63. The van der Waals surface area contributed by atoms with Gasteiger partial charge in [-0.15, -0.1) is 13.2 Å². The molecule has 29 heavy (non-hydrogen) atoms. The molecule has 0 bridgehead atoms. The number of carbonyl (C=O) groups is 1. The second kappa shape index (κ2) is 7.50. The minimum absolute atomic E-state index is 0.324. The lowest BCUT2D eigenvalue weighted by atomic mass is 10.3. The number of urea groups is 1. The van der Waals surface area contributed by atoms with Crippen LogP contribution in [0.5, 0.6) is 5.75 Å². The van der Waals surface area contributed by atoms with Gasteiger partial charge in [0, 0.05) is 17.7 Å². The average Bonchev–Trinajstić information content (AvgIpc) is 3.44. The summed E-state index contributed by atoms with van der Waals surface area (Å²) in [4.78, 5) is 12.4. The van der Waals surface area contributed by atoms with E-state index in [1.807, 2.05) is 36.4 Å². The maximum atomic E-state index is 12.4. The predicted octanol–water partition coefficient (Wildman–Crippen LogP) is 5.29. The molecule has 9 heteroatoms. The van der Waals surface area contributed by atoms with Gasteiger partial charge in [0.1, 0.15) is 11.6 Å². The molecule has 0 spiro atoms. The topological polar surface area (TPSA) is 68.2 Å². The number of nitrogens with zero attached hydrogens (tertiary/aromatic N) is 2. The molecule has 1 aromatic heterocycles. The summed E-state index contributed by atoms with van der Waals surface area (Å²) >= 11 is 0. The quantitative estimate of drug-likeness (QED) is 0.609. The molecule has 0 saturated heterocycles. The normalized spacial score (nSPS) is 13.8. The number of nitrogens with one attached hydrogen (secondary N) is 2. The molecule has 2 aromatic carbocycles. The minimum atomic E-state index is -4.76. The van der Waals surface area contributed by atoms with Gasteiger partial charge < -0.3 is 10.1 Å². The van der Waals surface area contributed by atoms with Gasteiger partial charge in [0.2, 0.25) is 0 Å². The van der Waals surface area contributed by atoms with E-state index in [-0.39, 0.29) is 5.75 Å². The highest BCUT2D eigenvalue weighted by Gasteiger charge is 2.31. The van der Waals surface area contributed by atoms with Crippen LogP contribution >= 0.6 is 0 Å². The first-order chi connectivity index (χ1) is 13.9. The lowest BCUT2D eigenvalue weighted by Gasteiger charge is -2.11. The standard InChI is InChI=1S/C20H17F3N4O2/c21-20(22,23)29-16-10-8-14(9-11-16)24-19(28)25-18-12-17(13-6-7-13)26-27(18)15-4-2-1-3-5-15/h1-5,8-13H,6-7H2,(H2,24,25,28). The molecule has 0 unspecified atom stereocenters. The fourth-order valence-electron chi connectivity index (χ4n) is 2.85. The molecular formula is C20H17F3N4O2. The van der Waals surface area contributed by atoms with E-state index in [1.165, 1.54) is 12.1 Å². The number of rotatable bonds is 5. The van der Waals surface area contributed by atoms with Crippen molar-refractivity contribution in [2.75, 3.05) is 10.6 Å². The summed E-state index contributed by atoms with van der Waals surface area (Å²) in [7, 11) is 0. The second-order valence-corrected chi connectivity index (χ2v) is 6.63. The lowest BCUT2D eigenvalue weighted by Crippen LogP contribution is -2.21. The molecule has 0 aliphatic heterocycles. The summed E-state index contributed by atoms with van der Waals surface area (Å²) < 4.78 is 42.1. The fourth-order valence-corrected chi connectivity index (χ4v) is 2.85. The number of aromatic nitrogens is 2. The van der Waals surface area contributed by atoms with Crippen LogP contribution in [0.3, 0.4) is 0 Å². The summed E-state index contributed by atoms with van der Waals surface area (Å²) in [6.45, 7) is 0. The monoisotopic (exact) mass is 402 g/mol. The van der Waals surface area contributed by atoms with Crippen molar-refractivity contribution < 1.29 is 22.7 Å². The first-order valence-corrected chi connectivity index (χ1v) is 8.96. The number of alkyl halides is 3. The van der Waals surface area contributed by atoms with Crippen LogP contribution in [0.15, 0.2) is 60.7 Å². The highest BCUT2D eigenvalue weighted by Crippen LogP contribution is 2.40. The molecule has 2 amide bonds. The fraction of sp³-hybridized carbons (Fsp3) is 0.200. The molecule has 0 radical (unpaired) electrons. The van der Waals surface area contributed by atoms with Crippen LogP contribution in [0, 0.1) is 0 Å². The maximum Gasteiger partial charge on any atom is 0.573 e. The SMILES string of the molecule is O=C(Nc1ccc(OC(F)(F)F)cc1)Nc1cc(C2CC2)nn1-c1ccccc1. The highest BCUT2D eigenvalue weighted by molar-refractivity contribution is 5.99. The molecule has 1 heterocycles. The summed E-state index contributed by atoms with van der Waals surface area (Å²) in [6, 6.07) is 15.6. The van der Waals surface area contributed by atoms with Crippen LogP contribution in [0.4, 0.5) is 29.5 Å². The number of ether oxygens (including phenoxy) is 1. The number of hydrogen-bond acceptors (Lipinski definition) is 3. The van der Waals surface area contributed by atoms with Gasteiger partial charge in [-0.25, -0.2) is 9.48 Å². The van der Waals surface area contributed by atoms with Crippen molar-refractivity contribution in [2.24, 2.45) is 0 Å². The largest absolute Gasteiger partial charge is 0.573 e. The Morgan fingerprint density at radius 1 is 1.03 bits per heavy atom. The molecule has 0 atom stereocenters. The Balaban J connectivity index is 1.47. The van der Waals surface area contributed by atoms with Crippen molar-refractivity contribution >= 4 is 17.5 Å². The smallest absolute Gasteiger partial charge is 0.406 e. The zero-order valence-electron chi connectivity index (χ0n) is 15.1. The van der Waals surface area contributed by atoms with E-state index < -0.39 is 12.4 Å². The van der Waals surface area contributed by atoms with E-state index >= 15 is 0 Å². The van der Waals surface area contributed by atoms with Gasteiger partial charge in [-0.05, 0) is 49.2 Å². The van der Waals surface area contributed by atoms with Crippen molar-refractivity contribution in [2.45, 2.75) is 25.1 Å². The summed E-state index contributed by atoms with van der Waals surface area (Å²) in [5.41, 5.74) is 2.05. The predicted molar refractivity (Wildman–Crippen MR) is 101 cm³/mol. The van der Waals surface area contributed by atoms with Crippen LogP contribution in [0.1, 0.15) is 24.5 Å². The minimum Gasteiger partial charge on any atom is -0.406 e. The van der Waals surface area contributed by atoms with E-state index in [1.54, 1.807) is 4.68 Å². The highest BCUT2D eigenvalue weighted by atomic mass is 19.4. The van der Waals surface area contributed by atoms with Gasteiger partial charge in [0.25, 0.3) is 0 Å². The molecule has 4 rings (SSSR count). The number of halogens is 3. The van der Waals surface area contributed by atoms with Crippen molar-refractivity contribution in [3.05, 3.63) is 66.4 Å². The Morgan fingerprint density at radius 3 is 2.34 bits per heavy atom. The van der Waals surface area contributed by atoms with Crippen LogP contribution < -0.4 is 15.4 Å². The Bertz CT molecular complexity index is 997. The Labute approximate surface area is 164 Å². The van der Waals surface area contributed by atoms with Crippen molar-refractivity contribution in [1.82, 2.24) is 9.78 Å². The van der Waals surface area contributed by atoms with Crippen LogP contribution in [0.25, 0.3) is 5.69 Å². The third kappa shape index (κ3) is 4.87. The van der Waals surface area contributed by atoms with Gasteiger partial charge in [0.15, 0.2) is 0 Å². The van der Waals surface area contributed by atoms with E-state index in [4.69, 9.17) is 0 Å². The van der Waals surface area contributed by atoms with Crippen molar-refractivity contribution in [3.8, 4) is 11.4 Å². The molecule has 1 aliphatic rings. The van der Waals surface area contributed by atoms with Crippen LogP contribution in [-0.2, 0) is 0 Å². The molecular weight excluding hydrogens is 385 g/mol. The van der Waals surface area contributed by atoms with Crippen molar-refractivity contribution in [1.29, 1.82) is 0 Å². The Morgan fingerprint density at radius 2 is 1.72 bits per heavy atom. The third-order valence-electron chi connectivity index (χ3n) is 4.31. The van der Waals surface area contributed by atoms with Gasteiger partial charge in [-0.1, -0.05) is 18.2 Å². The molecule has 3 aromatic rings. The number of anilines is 2. The molecule has 1 saturated carbocycles. The first-order valence-electron chi connectivity index (χ1n) is 8.96. The van der Waals surface area contributed by atoms with Crippen LogP contribution in [-0.4, -0.2) is 22.2 Å². The zero-order valence-corrected chi connectivity index (χ0v) is 15.1. The molecule has 1 fully saturated rings. The summed E-state index contributed by atoms with van der Waals surface area (Å²) in [5.74, 6) is 0.553. The number of benzene rings is 2. The lowest BCUT2D eigenvalue weighted by molar-refractivity contribution is -0.274. The summed E-state index contributed by atoms with van der Waals surface area (Å²) in [6.07, 6.45) is -2.62. The van der Waals surface area contributed by atoms with Gasteiger partial charge in [0.05, 0.1) is 11.4 Å². The van der Waals surface area contributed by atoms with Gasteiger partial charge >= 0.3 is 12.4 Å². The number of hydrogen-bond donors (Lipinski definition) is 2. The Kier molecular flexibility index (Phi) is 4.87. The van der Waals surface area contributed by atoms with Crippen molar-refractivity contribution in [3.63, 3.8) is 0 Å². The number of carbonyl (C=O) groups excluding carboxylic acids is 1. The number of amides is 2. The van der Waals surface area contributed by atoms with Crippen LogP contribution in [0.2, 0.25) is 0 Å². The van der Waals surface area contributed by atoms with E-state index in [0.717, 1.165) is 36.4 Å². The molecule has 6 nitrogen and oxygen atoms in total. The summed E-state index contributed by atoms with van der Waals surface area (Å²) in [5, 5.41) is 9.94. The maximum absolute atomic E-state index is 12.4. The molecule has 2 N–H and O–H groups in total. The van der Waals surface area contributed by atoms with E-state index in [9.17, 15) is 18.0 Å². The van der Waals surface area contributed by atoms with Gasteiger partial charge in [-0.3, -0.25) is 5.32 Å². The first kappa shape index (κ1) is 18.9. The van der Waals surface area contributed by atoms with E-state index in [2.05, 4.69) is 20.5 Å². The zero-order chi connectivity index (χ0) is 20.4. The van der Waals surface area contributed by atoms with E-state index in [0.29, 0.717) is 17.4 Å². The number of para-hydroxylation sites is 1.